The highest BCUT2D eigenvalue weighted by Gasteiger charge is 2.09. The standard InChI is InChI=1S/C17H19FO2/c1-12(2)13-3-5-14(6-4-13)17(19)11-20-16-9-7-15(18)8-10-16/h3-10,12,17,19H,11H2,1-2H3. The maximum atomic E-state index is 12.7. The minimum absolute atomic E-state index is 0.145. The van der Waals surface area contributed by atoms with E-state index >= 15 is 0 Å². The van der Waals surface area contributed by atoms with Crippen molar-refractivity contribution in [3.05, 3.63) is 65.5 Å². The van der Waals surface area contributed by atoms with Crippen molar-refractivity contribution < 1.29 is 14.2 Å². The highest BCUT2D eigenvalue weighted by molar-refractivity contribution is 5.27. The molecule has 1 N–H and O–H groups in total. The van der Waals surface area contributed by atoms with Crippen LogP contribution in [-0.2, 0) is 0 Å². The SMILES string of the molecule is CC(C)c1ccc(C(O)COc2ccc(F)cc2)cc1. The summed E-state index contributed by atoms with van der Waals surface area (Å²) >= 11 is 0. The third kappa shape index (κ3) is 3.81. The van der Waals surface area contributed by atoms with Gasteiger partial charge in [-0.2, -0.15) is 0 Å². The van der Waals surface area contributed by atoms with Crippen molar-refractivity contribution in [3.63, 3.8) is 0 Å². The average Bonchev–Trinajstić information content (AvgIpc) is 2.46. The minimum Gasteiger partial charge on any atom is -0.491 e. The van der Waals surface area contributed by atoms with Gasteiger partial charge in [-0.15, -0.1) is 0 Å². The van der Waals surface area contributed by atoms with Crippen LogP contribution in [0.3, 0.4) is 0 Å². The molecular weight excluding hydrogens is 255 g/mol. The van der Waals surface area contributed by atoms with Crippen LogP contribution in [0.15, 0.2) is 48.5 Å². The van der Waals surface area contributed by atoms with Crippen LogP contribution in [0.1, 0.15) is 37.0 Å². The molecule has 106 valence electrons. The average molecular weight is 274 g/mol. The molecule has 0 amide bonds. The van der Waals surface area contributed by atoms with Crippen LogP contribution in [0, 0.1) is 5.82 Å². The molecule has 2 nitrogen and oxygen atoms in total. The van der Waals surface area contributed by atoms with Gasteiger partial charge in [0.2, 0.25) is 0 Å². The van der Waals surface area contributed by atoms with Crippen molar-refractivity contribution in [1.82, 2.24) is 0 Å². The van der Waals surface area contributed by atoms with E-state index in [-0.39, 0.29) is 12.4 Å². The van der Waals surface area contributed by atoms with Gasteiger partial charge in [-0.3, -0.25) is 0 Å². The maximum Gasteiger partial charge on any atom is 0.123 e. The van der Waals surface area contributed by atoms with E-state index < -0.39 is 6.10 Å². The first-order valence-electron chi connectivity index (χ1n) is 6.72. The van der Waals surface area contributed by atoms with Gasteiger partial charge >= 0.3 is 0 Å². The molecule has 0 saturated heterocycles. The van der Waals surface area contributed by atoms with Gasteiger partial charge in [-0.05, 0) is 41.3 Å². The van der Waals surface area contributed by atoms with Crippen molar-refractivity contribution in [3.8, 4) is 5.75 Å². The molecule has 0 heterocycles. The molecule has 1 unspecified atom stereocenters. The molecule has 2 aromatic rings. The number of benzene rings is 2. The molecule has 1 atom stereocenters. The Morgan fingerprint density at radius 1 is 0.950 bits per heavy atom. The van der Waals surface area contributed by atoms with Gasteiger partial charge in [-0.25, -0.2) is 4.39 Å². The van der Waals surface area contributed by atoms with Crippen molar-refractivity contribution in [2.75, 3.05) is 6.61 Å². The van der Waals surface area contributed by atoms with Crippen LogP contribution < -0.4 is 4.74 Å². The molecule has 0 radical (unpaired) electrons. The predicted octanol–water partition coefficient (Wildman–Crippen LogP) is 4.06. The lowest BCUT2D eigenvalue weighted by atomic mass is 10.0. The molecule has 0 fully saturated rings. The molecule has 0 spiro atoms. The second-order valence-electron chi connectivity index (χ2n) is 5.10. The Kier molecular flexibility index (Phi) is 4.74. The number of aliphatic hydroxyl groups excluding tert-OH is 1. The summed E-state index contributed by atoms with van der Waals surface area (Å²) in [5.41, 5.74) is 2.05. The van der Waals surface area contributed by atoms with E-state index in [2.05, 4.69) is 13.8 Å². The molecule has 0 bridgehead atoms. The summed E-state index contributed by atoms with van der Waals surface area (Å²) in [5, 5.41) is 10.1. The fourth-order valence-corrected chi connectivity index (χ4v) is 1.91. The zero-order valence-corrected chi connectivity index (χ0v) is 11.7. The van der Waals surface area contributed by atoms with E-state index in [1.54, 1.807) is 12.1 Å². The maximum absolute atomic E-state index is 12.7. The highest BCUT2D eigenvalue weighted by atomic mass is 19.1. The quantitative estimate of drug-likeness (QED) is 0.891. The lowest BCUT2D eigenvalue weighted by Crippen LogP contribution is -2.09. The van der Waals surface area contributed by atoms with Crippen molar-refractivity contribution in [2.45, 2.75) is 25.9 Å². The first-order chi connectivity index (χ1) is 9.56. The topological polar surface area (TPSA) is 29.5 Å². The molecule has 0 aromatic heterocycles. The van der Waals surface area contributed by atoms with E-state index in [0.29, 0.717) is 11.7 Å². The Morgan fingerprint density at radius 2 is 1.50 bits per heavy atom. The van der Waals surface area contributed by atoms with Gasteiger partial charge in [0.1, 0.15) is 24.3 Å². The molecule has 2 rings (SSSR count). The van der Waals surface area contributed by atoms with Gasteiger partial charge in [0.05, 0.1) is 0 Å². The van der Waals surface area contributed by atoms with Crippen LogP contribution in [0.4, 0.5) is 4.39 Å². The van der Waals surface area contributed by atoms with Gasteiger partial charge < -0.3 is 9.84 Å². The van der Waals surface area contributed by atoms with Crippen molar-refractivity contribution in [1.29, 1.82) is 0 Å². The second kappa shape index (κ2) is 6.53. The number of aliphatic hydroxyl groups is 1. The Hall–Kier alpha value is -1.87. The minimum atomic E-state index is -0.693. The number of hydrogen-bond acceptors (Lipinski definition) is 2. The summed E-state index contributed by atoms with van der Waals surface area (Å²) in [6, 6.07) is 13.6. The molecule has 0 saturated carbocycles. The van der Waals surface area contributed by atoms with Crippen molar-refractivity contribution >= 4 is 0 Å². The Bertz CT molecular complexity index is 532. The highest BCUT2D eigenvalue weighted by Crippen LogP contribution is 2.20. The van der Waals surface area contributed by atoms with E-state index in [0.717, 1.165) is 5.56 Å². The third-order valence-corrected chi connectivity index (χ3v) is 3.21. The summed E-state index contributed by atoms with van der Waals surface area (Å²) < 4.78 is 18.2. The molecule has 20 heavy (non-hydrogen) atoms. The molecular formula is C17H19FO2. The summed E-state index contributed by atoms with van der Waals surface area (Å²) in [6.07, 6.45) is -0.693. The largest absolute Gasteiger partial charge is 0.491 e. The monoisotopic (exact) mass is 274 g/mol. The third-order valence-electron chi connectivity index (χ3n) is 3.21. The van der Waals surface area contributed by atoms with Crippen LogP contribution in [-0.4, -0.2) is 11.7 Å². The molecule has 0 aliphatic carbocycles. The fraction of sp³-hybridized carbons (Fsp3) is 0.294. The summed E-state index contributed by atoms with van der Waals surface area (Å²) in [7, 11) is 0. The zero-order chi connectivity index (χ0) is 14.5. The zero-order valence-electron chi connectivity index (χ0n) is 11.7. The molecule has 0 aliphatic rings. The smallest absolute Gasteiger partial charge is 0.123 e. The number of rotatable bonds is 5. The van der Waals surface area contributed by atoms with E-state index in [1.165, 1.54) is 17.7 Å². The normalized spacial score (nSPS) is 12.4. The fourth-order valence-electron chi connectivity index (χ4n) is 1.91. The summed E-state index contributed by atoms with van der Waals surface area (Å²) in [5.74, 6) is 0.711. The lowest BCUT2D eigenvalue weighted by Gasteiger charge is -2.14. The Labute approximate surface area is 118 Å². The number of hydrogen-bond donors (Lipinski definition) is 1. The first kappa shape index (κ1) is 14.5. The summed E-state index contributed by atoms with van der Waals surface area (Å²) in [6.45, 7) is 4.40. The lowest BCUT2D eigenvalue weighted by molar-refractivity contribution is 0.108. The van der Waals surface area contributed by atoms with Crippen LogP contribution in [0.25, 0.3) is 0 Å². The predicted molar refractivity (Wildman–Crippen MR) is 77.4 cm³/mol. The molecule has 2 aromatic carbocycles. The van der Waals surface area contributed by atoms with Gasteiger partial charge in [0, 0.05) is 0 Å². The van der Waals surface area contributed by atoms with E-state index in [4.69, 9.17) is 4.74 Å². The number of ether oxygens (including phenoxy) is 1. The Balaban J connectivity index is 1.94. The molecule has 3 heteroatoms. The van der Waals surface area contributed by atoms with E-state index in [1.807, 2.05) is 24.3 Å². The van der Waals surface area contributed by atoms with Gasteiger partial charge in [0.25, 0.3) is 0 Å². The second-order valence-corrected chi connectivity index (χ2v) is 5.10. The van der Waals surface area contributed by atoms with Gasteiger partial charge in [0.15, 0.2) is 0 Å². The van der Waals surface area contributed by atoms with Crippen LogP contribution >= 0.6 is 0 Å². The van der Waals surface area contributed by atoms with Crippen molar-refractivity contribution in [2.24, 2.45) is 0 Å². The molecule has 0 aliphatic heterocycles. The van der Waals surface area contributed by atoms with Crippen LogP contribution in [0.5, 0.6) is 5.75 Å². The first-order valence-corrected chi connectivity index (χ1v) is 6.72. The Morgan fingerprint density at radius 3 is 2.05 bits per heavy atom. The van der Waals surface area contributed by atoms with Gasteiger partial charge in [-0.1, -0.05) is 38.1 Å². The van der Waals surface area contributed by atoms with E-state index in [9.17, 15) is 9.50 Å². The number of halogens is 1. The van der Waals surface area contributed by atoms with Crippen LogP contribution in [0.2, 0.25) is 0 Å². The summed E-state index contributed by atoms with van der Waals surface area (Å²) in [4.78, 5) is 0.